The van der Waals surface area contributed by atoms with Crippen molar-refractivity contribution in [1.82, 2.24) is 9.80 Å². The number of nitrogens with zero attached hydrogens (tertiary/aromatic N) is 2. The van der Waals surface area contributed by atoms with Crippen LogP contribution in [-0.4, -0.2) is 72.1 Å². The predicted molar refractivity (Wildman–Crippen MR) is 163 cm³/mol. The van der Waals surface area contributed by atoms with Gasteiger partial charge in [-0.3, -0.25) is 14.5 Å². The summed E-state index contributed by atoms with van der Waals surface area (Å²) >= 11 is 0. The van der Waals surface area contributed by atoms with E-state index >= 15 is 0 Å². The Balaban J connectivity index is 1.15. The minimum absolute atomic E-state index is 0.101. The molecule has 226 valence electrons. The SMILES string of the molecule is CC[C@@H]1N(C(=O)[C@@H]2CCCN2C(=O)OCC2c3ccccc3-c3ccccc32)[C@H](C(=O)OC)C[C@@]12C(=O)Nc1ccccc12. The van der Waals surface area contributed by atoms with E-state index in [1.807, 2.05) is 55.5 Å². The van der Waals surface area contributed by atoms with Gasteiger partial charge >= 0.3 is 12.1 Å². The van der Waals surface area contributed by atoms with Gasteiger partial charge in [-0.2, -0.15) is 0 Å². The van der Waals surface area contributed by atoms with Gasteiger partial charge in [0.25, 0.3) is 0 Å². The number of methoxy groups -OCH3 is 1. The molecule has 0 aromatic heterocycles. The van der Waals surface area contributed by atoms with Crippen molar-refractivity contribution in [3.63, 3.8) is 0 Å². The van der Waals surface area contributed by atoms with Gasteiger partial charge < -0.3 is 19.7 Å². The number of para-hydroxylation sites is 1. The number of ether oxygens (including phenoxy) is 2. The van der Waals surface area contributed by atoms with Crippen molar-refractivity contribution in [2.75, 3.05) is 25.6 Å². The third kappa shape index (κ3) is 4.05. The fourth-order valence-electron chi connectivity index (χ4n) is 8.14. The van der Waals surface area contributed by atoms with Crippen LogP contribution < -0.4 is 5.32 Å². The van der Waals surface area contributed by atoms with Crippen molar-refractivity contribution < 1.29 is 28.7 Å². The van der Waals surface area contributed by atoms with Crippen molar-refractivity contribution in [2.24, 2.45) is 0 Å². The first kappa shape index (κ1) is 28.1. The lowest BCUT2D eigenvalue weighted by Gasteiger charge is -2.36. The summed E-state index contributed by atoms with van der Waals surface area (Å²) in [5.41, 5.74) is 4.87. The second kappa shape index (κ2) is 10.8. The molecule has 3 heterocycles. The Morgan fingerprint density at radius 3 is 2.27 bits per heavy atom. The number of amides is 3. The summed E-state index contributed by atoms with van der Waals surface area (Å²) in [5.74, 6) is -1.26. The third-order valence-electron chi connectivity index (χ3n) is 10.0. The highest BCUT2D eigenvalue weighted by Crippen LogP contribution is 2.52. The van der Waals surface area contributed by atoms with E-state index in [-0.39, 0.29) is 30.8 Å². The lowest BCUT2D eigenvalue weighted by Crippen LogP contribution is -2.56. The number of esters is 1. The van der Waals surface area contributed by atoms with Crippen LogP contribution in [0.5, 0.6) is 0 Å². The summed E-state index contributed by atoms with van der Waals surface area (Å²) < 4.78 is 11.1. The number of hydrogen-bond acceptors (Lipinski definition) is 6. The molecule has 9 heteroatoms. The van der Waals surface area contributed by atoms with E-state index < -0.39 is 35.6 Å². The Labute approximate surface area is 256 Å². The monoisotopic (exact) mass is 593 g/mol. The summed E-state index contributed by atoms with van der Waals surface area (Å²) in [6.45, 7) is 2.43. The first-order valence-corrected chi connectivity index (χ1v) is 15.3. The highest BCUT2D eigenvalue weighted by Gasteiger charge is 2.64. The number of anilines is 1. The van der Waals surface area contributed by atoms with Gasteiger partial charge in [0.2, 0.25) is 11.8 Å². The Morgan fingerprint density at radius 2 is 1.59 bits per heavy atom. The molecule has 1 aliphatic carbocycles. The summed E-state index contributed by atoms with van der Waals surface area (Å²) in [6.07, 6.45) is 1.08. The number of nitrogens with one attached hydrogen (secondary N) is 1. The van der Waals surface area contributed by atoms with Gasteiger partial charge in [-0.25, -0.2) is 9.59 Å². The molecule has 9 nitrogen and oxygen atoms in total. The normalized spacial score (nSPS) is 25.0. The highest BCUT2D eigenvalue weighted by molar-refractivity contribution is 6.08. The Bertz CT molecular complexity index is 1630. The summed E-state index contributed by atoms with van der Waals surface area (Å²) in [4.78, 5) is 57.9. The molecule has 44 heavy (non-hydrogen) atoms. The van der Waals surface area contributed by atoms with Crippen LogP contribution in [-0.2, 0) is 29.3 Å². The van der Waals surface area contributed by atoms with Crippen LogP contribution in [0.1, 0.15) is 55.2 Å². The Hall–Kier alpha value is -4.66. The summed E-state index contributed by atoms with van der Waals surface area (Å²) in [6, 6.07) is 21.4. The minimum atomic E-state index is -1.09. The number of fused-ring (bicyclic) bond motifs is 5. The molecule has 3 aliphatic heterocycles. The van der Waals surface area contributed by atoms with Crippen molar-refractivity contribution in [3.8, 4) is 11.1 Å². The minimum Gasteiger partial charge on any atom is -0.467 e. The predicted octanol–water partition coefficient (Wildman–Crippen LogP) is 4.84. The van der Waals surface area contributed by atoms with Crippen LogP contribution in [0.25, 0.3) is 11.1 Å². The molecule has 4 aliphatic rings. The third-order valence-corrected chi connectivity index (χ3v) is 10.0. The van der Waals surface area contributed by atoms with Crippen molar-refractivity contribution in [3.05, 3.63) is 89.5 Å². The van der Waals surface area contributed by atoms with Crippen LogP contribution in [0, 0.1) is 0 Å². The van der Waals surface area contributed by atoms with Gasteiger partial charge in [-0.15, -0.1) is 0 Å². The van der Waals surface area contributed by atoms with Crippen LogP contribution in [0.2, 0.25) is 0 Å². The van der Waals surface area contributed by atoms with E-state index in [2.05, 4.69) is 29.6 Å². The van der Waals surface area contributed by atoms with Gasteiger partial charge in [0.1, 0.15) is 18.7 Å². The number of carbonyl (C=O) groups is 4. The first-order valence-electron chi connectivity index (χ1n) is 15.3. The zero-order valence-corrected chi connectivity index (χ0v) is 24.8. The maximum Gasteiger partial charge on any atom is 0.410 e. The van der Waals surface area contributed by atoms with Gasteiger partial charge in [-0.1, -0.05) is 73.7 Å². The number of hydrogen-bond donors (Lipinski definition) is 1. The molecule has 1 N–H and O–H groups in total. The molecule has 2 saturated heterocycles. The highest BCUT2D eigenvalue weighted by atomic mass is 16.6. The van der Waals surface area contributed by atoms with E-state index in [4.69, 9.17) is 9.47 Å². The van der Waals surface area contributed by atoms with Crippen LogP contribution >= 0.6 is 0 Å². The number of rotatable bonds is 5. The summed E-state index contributed by atoms with van der Waals surface area (Å²) in [7, 11) is 1.29. The molecular weight excluding hydrogens is 558 g/mol. The second-order valence-corrected chi connectivity index (χ2v) is 12.0. The molecule has 0 bridgehead atoms. The molecule has 3 aromatic rings. The maximum atomic E-state index is 14.4. The molecular formula is C35H35N3O6. The standard InChI is InChI=1S/C35H35N3O6/c1-3-30-35(26-15-8-9-16-27(26)36-33(35)41)19-29(32(40)43-2)38(30)31(39)28-17-10-18-37(28)34(42)44-20-25-23-13-6-4-11-21(23)22-12-5-7-14-24(22)25/h4-9,11-16,25,28-30H,3,10,17-20H2,1-2H3,(H,36,41)/t28-,29-,30-,35-/m0/s1. The topological polar surface area (TPSA) is 105 Å². The number of likely N-dealkylation sites (tertiary alicyclic amines) is 2. The van der Waals surface area contributed by atoms with Crippen LogP contribution in [0.15, 0.2) is 72.8 Å². The first-order chi connectivity index (χ1) is 21.4. The average Bonchev–Trinajstić information content (AvgIpc) is 3.82. The van der Waals surface area contributed by atoms with Gasteiger partial charge in [0, 0.05) is 18.2 Å². The summed E-state index contributed by atoms with van der Waals surface area (Å²) in [5, 5.41) is 2.97. The number of carbonyl (C=O) groups excluding carboxylic acids is 4. The largest absolute Gasteiger partial charge is 0.467 e. The zero-order valence-electron chi connectivity index (χ0n) is 24.8. The molecule has 0 saturated carbocycles. The molecule has 7 rings (SSSR count). The van der Waals surface area contributed by atoms with Gasteiger partial charge in [0.05, 0.1) is 18.6 Å². The Kier molecular flexibility index (Phi) is 6.91. The smallest absolute Gasteiger partial charge is 0.410 e. The molecule has 0 radical (unpaired) electrons. The molecule has 1 spiro atoms. The second-order valence-electron chi connectivity index (χ2n) is 12.0. The zero-order chi connectivity index (χ0) is 30.6. The van der Waals surface area contributed by atoms with E-state index in [0.717, 1.165) is 27.8 Å². The average molecular weight is 594 g/mol. The van der Waals surface area contributed by atoms with Crippen molar-refractivity contribution in [1.29, 1.82) is 0 Å². The molecule has 2 fully saturated rings. The van der Waals surface area contributed by atoms with Crippen molar-refractivity contribution in [2.45, 2.75) is 62.1 Å². The van der Waals surface area contributed by atoms with E-state index in [9.17, 15) is 19.2 Å². The molecule has 4 atom stereocenters. The van der Waals surface area contributed by atoms with E-state index in [1.54, 1.807) is 0 Å². The fourth-order valence-corrected chi connectivity index (χ4v) is 8.14. The Morgan fingerprint density at radius 1 is 0.932 bits per heavy atom. The van der Waals surface area contributed by atoms with Gasteiger partial charge in [0.15, 0.2) is 0 Å². The van der Waals surface area contributed by atoms with Crippen molar-refractivity contribution >= 4 is 29.6 Å². The molecule has 0 unspecified atom stereocenters. The maximum absolute atomic E-state index is 14.4. The van der Waals surface area contributed by atoms with E-state index in [0.29, 0.717) is 31.5 Å². The lowest BCUT2D eigenvalue weighted by atomic mass is 9.73. The lowest BCUT2D eigenvalue weighted by molar-refractivity contribution is -0.154. The fraction of sp³-hybridized carbons (Fsp3) is 0.371. The quantitative estimate of drug-likeness (QED) is 0.425. The van der Waals surface area contributed by atoms with Gasteiger partial charge in [-0.05, 0) is 59.6 Å². The number of benzene rings is 3. The molecule has 3 aromatic carbocycles. The van der Waals surface area contributed by atoms with E-state index in [1.165, 1.54) is 16.9 Å². The molecule has 3 amide bonds. The van der Waals surface area contributed by atoms with Crippen LogP contribution in [0.4, 0.5) is 10.5 Å². The van der Waals surface area contributed by atoms with Crippen LogP contribution in [0.3, 0.4) is 0 Å².